The summed E-state index contributed by atoms with van der Waals surface area (Å²) in [5, 5.41) is 9.97. The van der Waals surface area contributed by atoms with Crippen LogP contribution in [-0.2, 0) is 11.8 Å². The molecule has 0 spiro atoms. The van der Waals surface area contributed by atoms with Crippen LogP contribution in [0.4, 0.5) is 5.82 Å². The molecule has 2 amide bonds. The van der Waals surface area contributed by atoms with Crippen LogP contribution >= 0.6 is 0 Å². The average molecular weight is 320 g/mol. The molecule has 1 aliphatic carbocycles. The number of aryl methyl sites for hydroxylation is 1. The van der Waals surface area contributed by atoms with E-state index in [1.165, 1.54) is 6.42 Å². The quantitative estimate of drug-likeness (QED) is 0.846. The number of amides is 2. The summed E-state index contributed by atoms with van der Waals surface area (Å²) >= 11 is 0. The van der Waals surface area contributed by atoms with Gasteiger partial charge in [0.2, 0.25) is 5.91 Å². The van der Waals surface area contributed by atoms with Gasteiger partial charge in [-0.15, -0.1) is 0 Å². The molecular weight excluding hydrogens is 292 g/mol. The lowest BCUT2D eigenvalue weighted by Gasteiger charge is -2.20. The second kappa shape index (κ2) is 8.13. The number of aromatic nitrogens is 2. The Kier molecular flexibility index (Phi) is 6.19. The zero-order chi connectivity index (χ0) is 16.8. The third-order valence-corrected chi connectivity index (χ3v) is 4.35. The van der Waals surface area contributed by atoms with Crippen molar-refractivity contribution < 1.29 is 9.59 Å². The van der Waals surface area contributed by atoms with Gasteiger partial charge in [-0.05, 0) is 25.2 Å². The van der Waals surface area contributed by atoms with Crippen LogP contribution in [0.5, 0.6) is 0 Å². The van der Waals surface area contributed by atoms with Crippen molar-refractivity contribution in [2.45, 2.75) is 52.4 Å². The Morgan fingerprint density at radius 3 is 2.65 bits per heavy atom. The number of nitrogens with one attached hydrogen (secondary N) is 2. The van der Waals surface area contributed by atoms with E-state index in [1.54, 1.807) is 17.8 Å². The molecule has 6 nitrogen and oxygen atoms in total. The maximum absolute atomic E-state index is 12.3. The van der Waals surface area contributed by atoms with E-state index in [0.717, 1.165) is 32.1 Å². The molecular formula is C17H28N4O2. The van der Waals surface area contributed by atoms with Gasteiger partial charge in [0.1, 0.15) is 5.82 Å². The second-order valence-corrected chi connectivity index (χ2v) is 6.80. The summed E-state index contributed by atoms with van der Waals surface area (Å²) in [7, 11) is 1.74. The van der Waals surface area contributed by atoms with Gasteiger partial charge in [0, 0.05) is 25.6 Å². The SMILES string of the molecule is CC(C)CCNC(=O)c1cc(NC(=O)C2CCCCC2)n(C)n1. The van der Waals surface area contributed by atoms with Crippen LogP contribution in [0, 0.1) is 11.8 Å². The zero-order valence-electron chi connectivity index (χ0n) is 14.4. The van der Waals surface area contributed by atoms with Crippen molar-refractivity contribution >= 4 is 17.6 Å². The van der Waals surface area contributed by atoms with Gasteiger partial charge in [-0.3, -0.25) is 14.3 Å². The zero-order valence-corrected chi connectivity index (χ0v) is 14.4. The molecule has 0 unspecified atom stereocenters. The Bertz CT molecular complexity index is 545. The number of hydrogen-bond acceptors (Lipinski definition) is 3. The molecule has 2 N–H and O–H groups in total. The molecule has 6 heteroatoms. The summed E-state index contributed by atoms with van der Waals surface area (Å²) in [5.74, 6) is 1.06. The summed E-state index contributed by atoms with van der Waals surface area (Å²) in [4.78, 5) is 24.4. The Hall–Kier alpha value is -1.85. The highest BCUT2D eigenvalue weighted by Gasteiger charge is 2.22. The van der Waals surface area contributed by atoms with Crippen LogP contribution in [0.15, 0.2) is 6.07 Å². The van der Waals surface area contributed by atoms with E-state index in [-0.39, 0.29) is 17.7 Å². The maximum atomic E-state index is 12.3. The fourth-order valence-corrected chi connectivity index (χ4v) is 2.85. The highest BCUT2D eigenvalue weighted by molar-refractivity contribution is 5.96. The molecule has 1 aromatic heterocycles. The molecule has 23 heavy (non-hydrogen) atoms. The lowest BCUT2D eigenvalue weighted by atomic mass is 9.89. The Morgan fingerprint density at radius 2 is 2.00 bits per heavy atom. The average Bonchev–Trinajstić information content (AvgIpc) is 2.89. The van der Waals surface area contributed by atoms with Gasteiger partial charge < -0.3 is 10.6 Å². The molecule has 1 aliphatic rings. The Balaban J connectivity index is 1.92. The van der Waals surface area contributed by atoms with E-state index in [1.807, 2.05) is 0 Å². The third-order valence-electron chi connectivity index (χ3n) is 4.35. The van der Waals surface area contributed by atoms with Gasteiger partial charge >= 0.3 is 0 Å². The van der Waals surface area contributed by atoms with Gasteiger partial charge in [0.15, 0.2) is 5.69 Å². The fourth-order valence-electron chi connectivity index (χ4n) is 2.85. The van der Waals surface area contributed by atoms with Crippen molar-refractivity contribution in [3.8, 4) is 0 Å². The standard InChI is InChI=1S/C17H28N4O2/c1-12(2)9-10-18-17(23)14-11-15(21(3)20-14)19-16(22)13-7-5-4-6-8-13/h11-13H,4-10H2,1-3H3,(H,18,23)(H,19,22). The predicted molar refractivity (Wildman–Crippen MR) is 90.2 cm³/mol. The van der Waals surface area contributed by atoms with E-state index in [4.69, 9.17) is 0 Å². The molecule has 0 saturated heterocycles. The smallest absolute Gasteiger partial charge is 0.271 e. The van der Waals surface area contributed by atoms with Crippen molar-refractivity contribution in [3.05, 3.63) is 11.8 Å². The second-order valence-electron chi connectivity index (χ2n) is 6.80. The van der Waals surface area contributed by atoms with Gasteiger partial charge in [0.05, 0.1) is 0 Å². The van der Waals surface area contributed by atoms with E-state index in [2.05, 4.69) is 29.6 Å². The monoisotopic (exact) mass is 320 g/mol. The minimum atomic E-state index is -0.195. The lowest BCUT2D eigenvalue weighted by Crippen LogP contribution is -2.25. The van der Waals surface area contributed by atoms with Crippen molar-refractivity contribution in [2.75, 3.05) is 11.9 Å². The van der Waals surface area contributed by atoms with Gasteiger partial charge in [-0.2, -0.15) is 5.10 Å². The van der Waals surface area contributed by atoms with Crippen LogP contribution in [0.3, 0.4) is 0 Å². The topological polar surface area (TPSA) is 76.0 Å². The van der Waals surface area contributed by atoms with E-state index in [0.29, 0.717) is 24.0 Å². The summed E-state index contributed by atoms with van der Waals surface area (Å²) in [6, 6.07) is 1.64. The molecule has 1 aromatic rings. The molecule has 0 aliphatic heterocycles. The van der Waals surface area contributed by atoms with E-state index < -0.39 is 0 Å². The van der Waals surface area contributed by atoms with Crippen molar-refractivity contribution in [3.63, 3.8) is 0 Å². The molecule has 1 heterocycles. The number of carbonyl (C=O) groups is 2. The summed E-state index contributed by atoms with van der Waals surface area (Å²) in [5.41, 5.74) is 0.343. The molecule has 128 valence electrons. The van der Waals surface area contributed by atoms with E-state index in [9.17, 15) is 9.59 Å². The van der Waals surface area contributed by atoms with Crippen LogP contribution in [-0.4, -0.2) is 28.1 Å². The van der Waals surface area contributed by atoms with Gasteiger partial charge in [-0.25, -0.2) is 0 Å². The first-order valence-corrected chi connectivity index (χ1v) is 8.60. The maximum Gasteiger partial charge on any atom is 0.271 e. The van der Waals surface area contributed by atoms with Crippen molar-refractivity contribution in [1.82, 2.24) is 15.1 Å². The fraction of sp³-hybridized carbons (Fsp3) is 0.706. The van der Waals surface area contributed by atoms with Gasteiger partial charge in [0.25, 0.3) is 5.91 Å². The molecule has 0 aromatic carbocycles. The normalized spacial score (nSPS) is 15.7. The molecule has 0 atom stereocenters. The lowest BCUT2D eigenvalue weighted by molar-refractivity contribution is -0.120. The van der Waals surface area contributed by atoms with Crippen molar-refractivity contribution in [1.29, 1.82) is 0 Å². The number of rotatable bonds is 6. The number of nitrogens with zero attached hydrogens (tertiary/aromatic N) is 2. The number of carbonyl (C=O) groups excluding carboxylic acids is 2. The van der Waals surface area contributed by atoms with Crippen LogP contribution in [0.1, 0.15) is 62.9 Å². The summed E-state index contributed by atoms with van der Waals surface area (Å²) in [6.07, 6.45) is 6.29. The number of hydrogen-bond donors (Lipinski definition) is 2. The molecule has 1 saturated carbocycles. The highest BCUT2D eigenvalue weighted by atomic mass is 16.2. The predicted octanol–water partition coefficient (Wildman–Crippen LogP) is 2.71. The first-order valence-electron chi connectivity index (χ1n) is 8.60. The highest BCUT2D eigenvalue weighted by Crippen LogP contribution is 2.25. The molecule has 0 bridgehead atoms. The minimum Gasteiger partial charge on any atom is -0.351 e. The molecule has 0 radical (unpaired) electrons. The Labute approximate surface area is 138 Å². The molecule has 1 fully saturated rings. The Morgan fingerprint density at radius 1 is 1.30 bits per heavy atom. The largest absolute Gasteiger partial charge is 0.351 e. The minimum absolute atomic E-state index is 0.0412. The molecule has 2 rings (SSSR count). The number of anilines is 1. The summed E-state index contributed by atoms with van der Waals surface area (Å²) < 4.78 is 1.55. The first-order chi connectivity index (χ1) is 11.0. The van der Waals surface area contributed by atoms with Crippen LogP contribution in [0.25, 0.3) is 0 Å². The van der Waals surface area contributed by atoms with E-state index >= 15 is 0 Å². The van der Waals surface area contributed by atoms with Crippen molar-refractivity contribution in [2.24, 2.45) is 18.9 Å². The summed E-state index contributed by atoms with van der Waals surface area (Å²) in [6.45, 7) is 4.87. The van der Waals surface area contributed by atoms with Gasteiger partial charge in [-0.1, -0.05) is 33.1 Å². The first kappa shape index (κ1) is 17.5. The van der Waals surface area contributed by atoms with Crippen LogP contribution < -0.4 is 10.6 Å². The third kappa shape index (κ3) is 5.08. The van der Waals surface area contributed by atoms with Crippen LogP contribution in [0.2, 0.25) is 0 Å².